The van der Waals surface area contributed by atoms with Gasteiger partial charge in [-0.15, -0.1) is 0 Å². The lowest BCUT2D eigenvalue weighted by atomic mass is 9.83. The topological polar surface area (TPSA) is 72.2 Å². The molecule has 0 spiro atoms. The van der Waals surface area contributed by atoms with E-state index >= 15 is 0 Å². The first-order chi connectivity index (χ1) is 9.66. The van der Waals surface area contributed by atoms with E-state index in [1.807, 2.05) is 20.8 Å². The molecule has 2 fully saturated rings. The molecule has 0 amide bonds. The predicted octanol–water partition coefficient (Wildman–Crippen LogP) is 0.851. The summed E-state index contributed by atoms with van der Waals surface area (Å²) < 4.78 is 30.0. The van der Waals surface area contributed by atoms with Crippen molar-refractivity contribution >= 4 is 8.80 Å². The normalized spacial score (nSPS) is 33.6. The van der Waals surface area contributed by atoms with Crippen LogP contribution in [0.4, 0.5) is 0 Å². The average Bonchev–Trinajstić information content (AvgIpc) is 2.32. The molecular formula is C13H27NO5Si. The Morgan fingerprint density at radius 3 is 1.60 bits per heavy atom. The first kappa shape index (κ1) is 16.3. The lowest BCUT2D eigenvalue weighted by Crippen LogP contribution is -2.84. The van der Waals surface area contributed by atoms with Crippen LogP contribution in [0.5, 0.6) is 0 Å². The van der Waals surface area contributed by atoms with E-state index in [-0.39, 0.29) is 0 Å². The van der Waals surface area contributed by atoms with Gasteiger partial charge < -0.3 is 28.5 Å². The van der Waals surface area contributed by atoms with Crippen LogP contribution in [0.2, 0.25) is 0 Å². The monoisotopic (exact) mass is 305 g/mol. The highest BCUT2D eigenvalue weighted by Gasteiger charge is 2.76. The van der Waals surface area contributed by atoms with Gasteiger partial charge in [-0.2, -0.15) is 0 Å². The summed E-state index contributed by atoms with van der Waals surface area (Å²) in [6, 6.07) is 0. The first-order valence-electron chi connectivity index (χ1n) is 7.55. The molecule has 0 aliphatic carbocycles. The van der Waals surface area contributed by atoms with Gasteiger partial charge in [-0.05, 0) is 20.8 Å². The second-order valence-electron chi connectivity index (χ2n) is 5.08. The van der Waals surface area contributed by atoms with Gasteiger partial charge in [-0.3, -0.25) is 0 Å². The molecule has 0 aromatic carbocycles. The quantitative estimate of drug-likeness (QED) is 0.637. The minimum Gasteiger partial charge on any atom is -0.372 e. The number of hydrogen-bond acceptors (Lipinski definition) is 6. The van der Waals surface area contributed by atoms with Gasteiger partial charge in [0.25, 0.3) is 0 Å². The molecule has 0 bridgehead atoms. The van der Waals surface area contributed by atoms with E-state index in [1.54, 1.807) is 0 Å². The Labute approximate surface area is 122 Å². The Hall–Kier alpha value is -0.0231. The van der Waals surface area contributed by atoms with Crippen LogP contribution in [0.1, 0.15) is 33.6 Å². The standard InChI is InChI=1S/C13H27NO5Si/c1-4-17-20(18-5-2,19-6-3)13(8-10-16-13)12(11-14)7-9-15-12/h4-11,14H2,1-3H3. The van der Waals surface area contributed by atoms with E-state index < -0.39 is 19.6 Å². The fourth-order valence-electron chi connectivity index (χ4n) is 3.22. The molecule has 0 radical (unpaired) electrons. The van der Waals surface area contributed by atoms with Crippen molar-refractivity contribution in [1.82, 2.24) is 0 Å². The van der Waals surface area contributed by atoms with E-state index in [1.165, 1.54) is 0 Å². The van der Waals surface area contributed by atoms with Crippen LogP contribution in [0.3, 0.4) is 0 Å². The van der Waals surface area contributed by atoms with Crippen LogP contribution in [-0.2, 0) is 22.8 Å². The van der Waals surface area contributed by atoms with Crippen molar-refractivity contribution in [2.24, 2.45) is 5.73 Å². The maximum absolute atomic E-state index is 6.04. The fourth-order valence-corrected chi connectivity index (χ4v) is 6.86. The molecule has 2 rings (SSSR count). The Bertz CT molecular complexity index is 297. The SMILES string of the molecule is CCO[Si](OCC)(OCC)C1(C2(CN)CCO2)CCO1. The van der Waals surface area contributed by atoms with E-state index in [2.05, 4.69) is 0 Å². The predicted molar refractivity (Wildman–Crippen MR) is 76.3 cm³/mol. The maximum Gasteiger partial charge on any atom is 0.537 e. The molecule has 2 unspecified atom stereocenters. The molecule has 20 heavy (non-hydrogen) atoms. The van der Waals surface area contributed by atoms with E-state index in [0.29, 0.717) is 39.6 Å². The third-order valence-corrected chi connectivity index (χ3v) is 8.10. The van der Waals surface area contributed by atoms with Gasteiger partial charge in [-0.25, -0.2) is 0 Å². The highest BCUT2D eigenvalue weighted by molar-refractivity contribution is 6.64. The molecule has 2 saturated heterocycles. The minimum absolute atomic E-state index is 0.398. The van der Waals surface area contributed by atoms with Gasteiger partial charge in [0, 0.05) is 39.2 Å². The van der Waals surface area contributed by atoms with E-state index in [4.69, 9.17) is 28.5 Å². The molecule has 2 N–H and O–H groups in total. The fraction of sp³-hybridized carbons (Fsp3) is 1.00. The van der Waals surface area contributed by atoms with Crippen molar-refractivity contribution in [3.8, 4) is 0 Å². The van der Waals surface area contributed by atoms with Crippen LogP contribution < -0.4 is 5.73 Å². The number of ether oxygens (including phenoxy) is 2. The number of rotatable bonds is 9. The van der Waals surface area contributed by atoms with Gasteiger partial charge in [0.2, 0.25) is 0 Å². The molecule has 0 aromatic rings. The second kappa shape index (κ2) is 6.39. The van der Waals surface area contributed by atoms with Crippen molar-refractivity contribution in [3.63, 3.8) is 0 Å². The van der Waals surface area contributed by atoms with Crippen LogP contribution in [0.25, 0.3) is 0 Å². The lowest BCUT2D eigenvalue weighted by molar-refractivity contribution is -0.294. The summed E-state index contributed by atoms with van der Waals surface area (Å²) in [6.45, 7) is 9.20. The summed E-state index contributed by atoms with van der Waals surface area (Å²) >= 11 is 0. The number of nitrogens with two attached hydrogens (primary N) is 1. The summed E-state index contributed by atoms with van der Waals surface area (Å²) in [4.78, 5) is 0. The Balaban J connectivity index is 2.37. The Morgan fingerprint density at radius 1 is 0.950 bits per heavy atom. The first-order valence-corrected chi connectivity index (χ1v) is 9.28. The summed E-state index contributed by atoms with van der Waals surface area (Å²) in [5.41, 5.74) is 5.48. The largest absolute Gasteiger partial charge is 0.537 e. The van der Waals surface area contributed by atoms with Crippen LogP contribution >= 0.6 is 0 Å². The smallest absolute Gasteiger partial charge is 0.372 e. The van der Waals surface area contributed by atoms with Gasteiger partial charge in [0.15, 0.2) is 5.22 Å². The van der Waals surface area contributed by atoms with Crippen LogP contribution in [0, 0.1) is 0 Å². The zero-order chi connectivity index (χ0) is 14.7. The zero-order valence-corrected chi connectivity index (χ0v) is 13.8. The molecule has 7 heteroatoms. The average molecular weight is 305 g/mol. The van der Waals surface area contributed by atoms with Gasteiger partial charge in [0.1, 0.15) is 5.60 Å². The molecule has 6 nitrogen and oxygen atoms in total. The molecular weight excluding hydrogens is 278 g/mol. The summed E-state index contributed by atoms with van der Waals surface area (Å²) in [5.74, 6) is 0. The summed E-state index contributed by atoms with van der Waals surface area (Å²) in [7, 11) is -3.02. The van der Waals surface area contributed by atoms with Gasteiger partial charge in [-0.1, -0.05) is 0 Å². The van der Waals surface area contributed by atoms with Gasteiger partial charge in [0.05, 0.1) is 13.2 Å². The molecule has 2 heterocycles. The van der Waals surface area contributed by atoms with Crippen LogP contribution in [0.15, 0.2) is 0 Å². The van der Waals surface area contributed by atoms with Crippen molar-refractivity contribution < 1.29 is 22.8 Å². The highest BCUT2D eigenvalue weighted by Crippen LogP contribution is 2.52. The van der Waals surface area contributed by atoms with Crippen molar-refractivity contribution in [1.29, 1.82) is 0 Å². The highest BCUT2D eigenvalue weighted by atomic mass is 28.4. The third kappa shape index (κ3) is 2.16. The second-order valence-corrected chi connectivity index (χ2v) is 7.86. The molecule has 118 valence electrons. The van der Waals surface area contributed by atoms with Gasteiger partial charge >= 0.3 is 8.80 Å². The Kier molecular flexibility index (Phi) is 5.22. The minimum atomic E-state index is -3.02. The van der Waals surface area contributed by atoms with Crippen molar-refractivity contribution in [3.05, 3.63) is 0 Å². The molecule has 2 atom stereocenters. The maximum atomic E-state index is 6.04. The van der Waals surface area contributed by atoms with E-state index in [9.17, 15) is 0 Å². The summed E-state index contributed by atoms with van der Waals surface area (Å²) in [5, 5.41) is -0.644. The molecule has 0 saturated carbocycles. The van der Waals surface area contributed by atoms with Crippen molar-refractivity contribution in [2.75, 3.05) is 39.6 Å². The van der Waals surface area contributed by atoms with E-state index in [0.717, 1.165) is 12.8 Å². The molecule has 2 aliphatic rings. The number of hydrogen-bond donors (Lipinski definition) is 1. The molecule has 0 aromatic heterocycles. The third-order valence-electron chi connectivity index (χ3n) is 4.25. The zero-order valence-electron chi connectivity index (χ0n) is 12.8. The summed E-state index contributed by atoms with van der Waals surface area (Å²) in [6.07, 6.45) is 1.68. The molecule has 2 aliphatic heterocycles. The van der Waals surface area contributed by atoms with Crippen LogP contribution in [-0.4, -0.2) is 59.2 Å². The van der Waals surface area contributed by atoms with Crippen molar-refractivity contribution in [2.45, 2.75) is 44.4 Å². The Morgan fingerprint density at radius 2 is 1.40 bits per heavy atom. The lowest BCUT2D eigenvalue weighted by Gasteiger charge is -2.62.